The number of ether oxygens (including phenoxy) is 1. The van der Waals surface area contributed by atoms with Crippen molar-refractivity contribution in [3.05, 3.63) is 58.7 Å². The van der Waals surface area contributed by atoms with Gasteiger partial charge in [-0.25, -0.2) is 4.79 Å². The molecule has 0 saturated carbocycles. The van der Waals surface area contributed by atoms with Gasteiger partial charge >= 0.3 is 5.97 Å². The van der Waals surface area contributed by atoms with Crippen molar-refractivity contribution in [3.63, 3.8) is 0 Å². The summed E-state index contributed by atoms with van der Waals surface area (Å²) in [5, 5.41) is 11.7. The number of aromatic carboxylic acids is 1. The summed E-state index contributed by atoms with van der Waals surface area (Å²) in [5.41, 5.74) is 3.55. The van der Waals surface area contributed by atoms with Crippen LogP contribution in [0.25, 0.3) is 0 Å². The Balaban J connectivity index is 2.00. The van der Waals surface area contributed by atoms with Crippen LogP contribution in [-0.2, 0) is 4.79 Å². The van der Waals surface area contributed by atoms with Crippen LogP contribution in [0.5, 0.6) is 5.75 Å². The Morgan fingerprint density at radius 3 is 2.48 bits per heavy atom. The Hall–Kier alpha value is -2.82. The molecule has 2 rings (SSSR count). The highest BCUT2D eigenvalue weighted by Gasteiger charge is 2.10. The number of anilines is 1. The summed E-state index contributed by atoms with van der Waals surface area (Å²) in [6.07, 6.45) is 0. The van der Waals surface area contributed by atoms with E-state index >= 15 is 0 Å². The molecular formula is C18H19NO4. The molecule has 0 unspecified atom stereocenters. The second kappa shape index (κ2) is 6.96. The fourth-order valence-electron chi connectivity index (χ4n) is 2.15. The normalized spacial score (nSPS) is 10.2. The van der Waals surface area contributed by atoms with E-state index in [1.54, 1.807) is 13.0 Å². The number of carbonyl (C=O) groups excluding carboxylic acids is 1. The first-order chi connectivity index (χ1) is 10.9. The van der Waals surface area contributed by atoms with E-state index in [4.69, 9.17) is 9.84 Å². The van der Waals surface area contributed by atoms with Gasteiger partial charge in [0.05, 0.1) is 5.56 Å². The second-order valence-electron chi connectivity index (χ2n) is 5.37. The van der Waals surface area contributed by atoms with Crippen molar-refractivity contribution < 1.29 is 19.4 Å². The van der Waals surface area contributed by atoms with Gasteiger partial charge in [-0.05, 0) is 61.7 Å². The van der Waals surface area contributed by atoms with Crippen molar-refractivity contribution in [1.82, 2.24) is 0 Å². The number of amides is 1. The maximum Gasteiger partial charge on any atom is 0.335 e. The fraction of sp³-hybridized carbons (Fsp3) is 0.222. The van der Waals surface area contributed by atoms with Gasteiger partial charge in [-0.2, -0.15) is 0 Å². The van der Waals surface area contributed by atoms with Gasteiger partial charge < -0.3 is 15.2 Å². The first-order valence-electron chi connectivity index (χ1n) is 7.21. The zero-order chi connectivity index (χ0) is 17.0. The lowest BCUT2D eigenvalue weighted by molar-refractivity contribution is -0.118. The molecule has 2 aromatic carbocycles. The molecule has 1 amide bonds. The number of carboxylic acid groups (broad SMARTS) is 1. The lowest BCUT2D eigenvalue weighted by Crippen LogP contribution is -2.21. The van der Waals surface area contributed by atoms with Gasteiger partial charge in [0.25, 0.3) is 5.91 Å². The smallest absolute Gasteiger partial charge is 0.335 e. The van der Waals surface area contributed by atoms with E-state index in [1.807, 2.05) is 32.0 Å². The third kappa shape index (κ3) is 4.10. The van der Waals surface area contributed by atoms with Crippen LogP contribution in [0.2, 0.25) is 0 Å². The first-order valence-corrected chi connectivity index (χ1v) is 7.21. The number of carbonyl (C=O) groups is 2. The summed E-state index contributed by atoms with van der Waals surface area (Å²) in [4.78, 5) is 22.9. The number of carboxylic acids is 1. The molecular weight excluding hydrogens is 294 g/mol. The summed E-state index contributed by atoms with van der Waals surface area (Å²) >= 11 is 0. The van der Waals surface area contributed by atoms with Crippen LogP contribution in [0.1, 0.15) is 27.0 Å². The maximum atomic E-state index is 12.0. The highest BCUT2D eigenvalue weighted by molar-refractivity contribution is 5.94. The maximum absolute atomic E-state index is 12.0. The quantitative estimate of drug-likeness (QED) is 0.888. The van der Waals surface area contributed by atoms with Crippen LogP contribution in [0.15, 0.2) is 36.4 Å². The molecule has 0 aliphatic carbocycles. The zero-order valence-corrected chi connectivity index (χ0v) is 13.3. The molecule has 0 aromatic heterocycles. The van der Waals surface area contributed by atoms with Gasteiger partial charge in [-0.1, -0.05) is 12.1 Å². The average molecular weight is 313 g/mol. The van der Waals surface area contributed by atoms with E-state index < -0.39 is 5.97 Å². The lowest BCUT2D eigenvalue weighted by atomic mass is 10.1. The Kier molecular flexibility index (Phi) is 5.01. The Morgan fingerprint density at radius 2 is 1.83 bits per heavy atom. The lowest BCUT2D eigenvalue weighted by Gasteiger charge is -2.12. The van der Waals surface area contributed by atoms with Crippen LogP contribution in [0.3, 0.4) is 0 Å². The van der Waals surface area contributed by atoms with Gasteiger partial charge in [-0.3, -0.25) is 4.79 Å². The average Bonchev–Trinajstić information content (AvgIpc) is 2.50. The van der Waals surface area contributed by atoms with Crippen LogP contribution < -0.4 is 10.1 Å². The van der Waals surface area contributed by atoms with Crippen LogP contribution in [0.4, 0.5) is 5.69 Å². The number of rotatable bonds is 5. The first kappa shape index (κ1) is 16.5. The minimum atomic E-state index is -0.996. The number of aryl methyl sites for hydroxylation is 2. The van der Waals surface area contributed by atoms with E-state index in [-0.39, 0.29) is 18.1 Å². The number of benzene rings is 2. The van der Waals surface area contributed by atoms with E-state index in [1.165, 1.54) is 12.1 Å². The molecule has 0 saturated heterocycles. The third-order valence-electron chi connectivity index (χ3n) is 3.66. The van der Waals surface area contributed by atoms with E-state index in [0.717, 1.165) is 11.1 Å². The van der Waals surface area contributed by atoms with Crippen molar-refractivity contribution in [3.8, 4) is 5.75 Å². The van der Waals surface area contributed by atoms with Crippen molar-refractivity contribution >= 4 is 17.6 Å². The monoisotopic (exact) mass is 313 g/mol. The van der Waals surface area contributed by atoms with E-state index in [2.05, 4.69) is 5.32 Å². The van der Waals surface area contributed by atoms with E-state index in [9.17, 15) is 9.59 Å². The zero-order valence-electron chi connectivity index (χ0n) is 13.3. The Morgan fingerprint density at radius 1 is 1.09 bits per heavy atom. The summed E-state index contributed by atoms with van der Waals surface area (Å²) < 4.78 is 5.55. The van der Waals surface area contributed by atoms with Crippen molar-refractivity contribution in [2.45, 2.75) is 20.8 Å². The largest absolute Gasteiger partial charge is 0.483 e. The Labute approximate surface area is 134 Å². The van der Waals surface area contributed by atoms with Crippen molar-refractivity contribution in [2.24, 2.45) is 0 Å². The summed E-state index contributed by atoms with van der Waals surface area (Å²) in [6, 6.07) is 10.2. The van der Waals surface area contributed by atoms with Gasteiger partial charge in [0, 0.05) is 5.69 Å². The standard InChI is InChI=1S/C18H19NO4/c1-11-5-4-6-16(13(11)3)23-10-17(20)19-15-8-7-14(18(21)22)9-12(15)2/h4-9H,10H2,1-3H3,(H,19,20)(H,21,22). The molecule has 2 N–H and O–H groups in total. The summed E-state index contributed by atoms with van der Waals surface area (Å²) in [5.74, 6) is -0.612. The number of hydrogen-bond donors (Lipinski definition) is 2. The number of nitrogens with one attached hydrogen (secondary N) is 1. The molecule has 0 bridgehead atoms. The predicted molar refractivity (Wildman–Crippen MR) is 88.2 cm³/mol. The van der Waals surface area contributed by atoms with Gasteiger partial charge in [0.1, 0.15) is 5.75 Å². The Bertz CT molecular complexity index is 753. The molecule has 0 spiro atoms. The highest BCUT2D eigenvalue weighted by Crippen LogP contribution is 2.21. The molecule has 2 aromatic rings. The SMILES string of the molecule is Cc1cc(C(=O)O)ccc1NC(=O)COc1cccc(C)c1C. The minimum Gasteiger partial charge on any atom is -0.483 e. The highest BCUT2D eigenvalue weighted by atomic mass is 16.5. The van der Waals surface area contributed by atoms with Crippen LogP contribution in [0, 0.1) is 20.8 Å². The summed E-state index contributed by atoms with van der Waals surface area (Å²) in [6.45, 7) is 5.56. The molecule has 0 atom stereocenters. The van der Waals surface area contributed by atoms with Gasteiger partial charge in [0.15, 0.2) is 6.61 Å². The molecule has 0 aliphatic heterocycles. The molecule has 0 radical (unpaired) electrons. The molecule has 0 aliphatic rings. The topological polar surface area (TPSA) is 75.6 Å². The molecule has 5 nitrogen and oxygen atoms in total. The second-order valence-corrected chi connectivity index (χ2v) is 5.37. The number of hydrogen-bond acceptors (Lipinski definition) is 3. The third-order valence-corrected chi connectivity index (χ3v) is 3.66. The molecule has 0 fully saturated rings. The van der Waals surface area contributed by atoms with Crippen molar-refractivity contribution in [2.75, 3.05) is 11.9 Å². The molecule has 120 valence electrons. The van der Waals surface area contributed by atoms with Crippen LogP contribution >= 0.6 is 0 Å². The van der Waals surface area contributed by atoms with Gasteiger partial charge in [0.2, 0.25) is 0 Å². The predicted octanol–water partition coefficient (Wildman–Crippen LogP) is 3.33. The van der Waals surface area contributed by atoms with E-state index in [0.29, 0.717) is 17.0 Å². The fourth-order valence-corrected chi connectivity index (χ4v) is 2.15. The van der Waals surface area contributed by atoms with Crippen molar-refractivity contribution in [1.29, 1.82) is 0 Å². The molecule has 23 heavy (non-hydrogen) atoms. The van der Waals surface area contributed by atoms with Gasteiger partial charge in [-0.15, -0.1) is 0 Å². The summed E-state index contributed by atoms with van der Waals surface area (Å²) in [7, 11) is 0. The minimum absolute atomic E-state index is 0.107. The van der Waals surface area contributed by atoms with Crippen LogP contribution in [-0.4, -0.2) is 23.6 Å². The molecule has 5 heteroatoms. The molecule has 0 heterocycles.